The summed E-state index contributed by atoms with van der Waals surface area (Å²) >= 11 is 0. The Kier molecular flexibility index (Phi) is 10.6. The van der Waals surface area contributed by atoms with E-state index >= 15 is 0 Å². The maximum atomic E-state index is 2.50. The van der Waals surface area contributed by atoms with Gasteiger partial charge in [-0.3, -0.25) is 0 Å². The number of anilines is 3. The zero-order valence-corrected chi connectivity index (χ0v) is 37.5. The lowest BCUT2D eigenvalue weighted by molar-refractivity contribution is 1.14. The molecule has 0 aliphatic rings. The summed E-state index contributed by atoms with van der Waals surface area (Å²) in [5.41, 5.74) is 19.8. The van der Waals surface area contributed by atoms with Crippen molar-refractivity contribution in [2.24, 2.45) is 0 Å². The van der Waals surface area contributed by atoms with Crippen LogP contribution in [-0.2, 0) is 0 Å². The molecule has 0 aliphatic carbocycles. The number of rotatable bonds is 10. The zero-order valence-electron chi connectivity index (χ0n) is 37.5. The van der Waals surface area contributed by atoms with Crippen molar-refractivity contribution < 1.29 is 0 Å². The Morgan fingerprint density at radius 1 is 0.250 bits per heavy atom. The lowest BCUT2D eigenvalue weighted by atomic mass is 9.92. The Labute approximate surface area is 397 Å². The average Bonchev–Trinajstić information content (AvgIpc) is 3.78. The standard InChI is InChI=1S/C66H46N2/c1-6-18-47(19-7-1)50-30-38-56(39-31-50)67(57-40-32-51(33-41-57)48-20-8-2-9-21-48)58-44-36-53(37-45-58)62-46-63-64(54-24-12-4-13-25-54)65(55-26-14-5-15-27-55)68(66(63)61-29-17-16-28-60(61)62)59-42-34-52(35-43-59)49-22-10-3-11-23-49/h1-46H. The molecule has 12 rings (SSSR count). The molecule has 0 atom stereocenters. The normalized spacial score (nSPS) is 11.2. The summed E-state index contributed by atoms with van der Waals surface area (Å²) in [6.45, 7) is 0. The minimum Gasteiger partial charge on any atom is -0.311 e. The summed E-state index contributed by atoms with van der Waals surface area (Å²) in [4.78, 5) is 2.36. The fraction of sp³-hybridized carbons (Fsp3) is 0. The van der Waals surface area contributed by atoms with Crippen molar-refractivity contribution >= 4 is 38.7 Å². The summed E-state index contributed by atoms with van der Waals surface area (Å²) in [5.74, 6) is 0. The largest absolute Gasteiger partial charge is 0.311 e. The summed E-state index contributed by atoms with van der Waals surface area (Å²) in [6.07, 6.45) is 0. The number of aromatic nitrogens is 1. The van der Waals surface area contributed by atoms with Gasteiger partial charge in [0.05, 0.1) is 11.2 Å². The summed E-state index contributed by atoms with van der Waals surface area (Å²) < 4.78 is 2.50. The Balaban J connectivity index is 1.03. The first kappa shape index (κ1) is 40.5. The first-order valence-electron chi connectivity index (χ1n) is 23.3. The Morgan fingerprint density at radius 2 is 0.588 bits per heavy atom. The molecule has 0 radical (unpaired) electrons. The van der Waals surface area contributed by atoms with Gasteiger partial charge in [-0.1, -0.05) is 224 Å². The molecule has 11 aromatic carbocycles. The number of benzene rings is 11. The summed E-state index contributed by atoms with van der Waals surface area (Å²) in [7, 11) is 0. The first-order valence-corrected chi connectivity index (χ1v) is 23.3. The van der Waals surface area contributed by atoms with E-state index < -0.39 is 0 Å². The van der Waals surface area contributed by atoms with Gasteiger partial charge in [-0.25, -0.2) is 0 Å². The topological polar surface area (TPSA) is 8.17 Å². The van der Waals surface area contributed by atoms with E-state index in [1.165, 1.54) is 83.0 Å². The molecule has 12 aromatic rings. The Morgan fingerprint density at radius 3 is 1.03 bits per heavy atom. The van der Waals surface area contributed by atoms with Crippen LogP contribution in [-0.4, -0.2) is 4.57 Å². The van der Waals surface area contributed by atoms with Crippen LogP contribution in [0.4, 0.5) is 17.1 Å². The highest BCUT2D eigenvalue weighted by molar-refractivity contribution is 6.20. The van der Waals surface area contributed by atoms with Crippen molar-refractivity contribution in [3.8, 4) is 72.6 Å². The smallest absolute Gasteiger partial charge is 0.0620 e. The molecule has 0 saturated heterocycles. The van der Waals surface area contributed by atoms with Gasteiger partial charge < -0.3 is 9.47 Å². The molecule has 1 aromatic heterocycles. The van der Waals surface area contributed by atoms with E-state index in [0.717, 1.165) is 28.3 Å². The Hall–Kier alpha value is -8.98. The molecule has 1 heterocycles. The molecule has 0 bridgehead atoms. The number of hydrogen-bond acceptors (Lipinski definition) is 1. The van der Waals surface area contributed by atoms with E-state index in [-0.39, 0.29) is 0 Å². The molecular weight excluding hydrogens is 821 g/mol. The molecule has 2 nitrogen and oxygen atoms in total. The quantitative estimate of drug-likeness (QED) is 0.133. The SMILES string of the molecule is c1ccc(-c2ccc(N(c3ccc(-c4ccccc4)cc3)c3ccc(-c4cc5c(-c6ccccc6)c(-c6ccccc6)n(-c6ccc(-c7ccccc7)cc6)c5c5ccccc45)cc3)cc2)cc1. The fourth-order valence-corrected chi connectivity index (χ4v) is 9.94. The van der Waals surface area contributed by atoms with Crippen molar-refractivity contribution in [2.75, 3.05) is 4.90 Å². The van der Waals surface area contributed by atoms with Gasteiger partial charge in [0.2, 0.25) is 0 Å². The van der Waals surface area contributed by atoms with E-state index in [1.807, 2.05) is 0 Å². The van der Waals surface area contributed by atoms with Gasteiger partial charge in [0, 0.05) is 39.1 Å². The van der Waals surface area contributed by atoms with Gasteiger partial charge in [-0.05, 0) is 116 Å². The monoisotopic (exact) mass is 866 g/mol. The molecule has 0 fully saturated rings. The van der Waals surface area contributed by atoms with E-state index in [4.69, 9.17) is 0 Å². The van der Waals surface area contributed by atoms with Crippen molar-refractivity contribution in [3.63, 3.8) is 0 Å². The summed E-state index contributed by atoms with van der Waals surface area (Å²) in [5, 5.41) is 3.62. The highest BCUT2D eigenvalue weighted by Gasteiger charge is 2.25. The third-order valence-electron chi connectivity index (χ3n) is 13.2. The highest BCUT2D eigenvalue weighted by atomic mass is 15.1. The minimum absolute atomic E-state index is 1.08. The number of hydrogen-bond donors (Lipinski definition) is 0. The zero-order chi connectivity index (χ0) is 45.2. The van der Waals surface area contributed by atoms with Gasteiger partial charge in [0.1, 0.15) is 0 Å². The lowest BCUT2D eigenvalue weighted by Crippen LogP contribution is -2.09. The maximum absolute atomic E-state index is 2.50. The highest BCUT2D eigenvalue weighted by Crippen LogP contribution is 2.48. The molecule has 2 heteroatoms. The van der Waals surface area contributed by atoms with Gasteiger partial charge in [0.25, 0.3) is 0 Å². The summed E-state index contributed by atoms with van der Waals surface area (Å²) in [6, 6.07) is 101. The number of nitrogens with zero attached hydrogens (tertiary/aromatic N) is 2. The number of fused-ring (bicyclic) bond motifs is 3. The van der Waals surface area contributed by atoms with Crippen LogP contribution >= 0.6 is 0 Å². The van der Waals surface area contributed by atoms with Crippen molar-refractivity contribution in [1.29, 1.82) is 0 Å². The minimum atomic E-state index is 1.08. The molecule has 0 spiro atoms. The van der Waals surface area contributed by atoms with Gasteiger partial charge in [-0.15, -0.1) is 0 Å². The third-order valence-corrected chi connectivity index (χ3v) is 13.2. The molecule has 0 amide bonds. The van der Waals surface area contributed by atoms with E-state index in [9.17, 15) is 0 Å². The predicted molar refractivity (Wildman–Crippen MR) is 288 cm³/mol. The predicted octanol–water partition coefficient (Wildman–Crippen LogP) is 18.3. The third kappa shape index (κ3) is 7.54. The van der Waals surface area contributed by atoms with Crippen molar-refractivity contribution in [3.05, 3.63) is 279 Å². The molecule has 320 valence electrons. The van der Waals surface area contributed by atoms with E-state index in [1.54, 1.807) is 0 Å². The molecular formula is C66H46N2. The van der Waals surface area contributed by atoms with Crippen LogP contribution in [0.1, 0.15) is 0 Å². The van der Waals surface area contributed by atoms with Gasteiger partial charge in [0.15, 0.2) is 0 Å². The van der Waals surface area contributed by atoms with Crippen LogP contribution in [0.2, 0.25) is 0 Å². The molecule has 68 heavy (non-hydrogen) atoms. The van der Waals surface area contributed by atoms with Crippen LogP contribution in [0.5, 0.6) is 0 Å². The van der Waals surface area contributed by atoms with E-state index in [0.29, 0.717) is 0 Å². The van der Waals surface area contributed by atoms with Gasteiger partial charge >= 0.3 is 0 Å². The van der Waals surface area contributed by atoms with E-state index in [2.05, 4.69) is 289 Å². The van der Waals surface area contributed by atoms with Crippen LogP contribution in [0.25, 0.3) is 94.3 Å². The van der Waals surface area contributed by atoms with Gasteiger partial charge in [-0.2, -0.15) is 0 Å². The second-order valence-corrected chi connectivity index (χ2v) is 17.3. The Bertz CT molecular complexity index is 3560. The second kappa shape index (κ2) is 17.8. The van der Waals surface area contributed by atoms with Crippen molar-refractivity contribution in [2.45, 2.75) is 0 Å². The maximum Gasteiger partial charge on any atom is 0.0620 e. The molecule has 0 saturated carbocycles. The molecule has 0 N–H and O–H groups in total. The van der Waals surface area contributed by atoms with Crippen LogP contribution in [0.15, 0.2) is 279 Å². The van der Waals surface area contributed by atoms with Crippen molar-refractivity contribution in [1.82, 2.24) is 4.57 Å². The second-order valence-electron chi connectivity index (χ2n) is 17.3. The molecule has 0 aliphatic heterocycles. The average molecular weight is 867 g/mol. The first-order chi connectivity index (χ1) is 33.7. The van der Waals surface area contributed by atoms with Crippen LogP contribution in [0, 0.1) is 0 Å². The van der Waals surface area contributed by atoms with Crippen LogP contribution in [0.3, 0.4) is 0 Å². The lowest BCUT2D eigenvalue weighted by Gasteiger charge is -2.26. The molecule has 0 unspecified atom stereocenters. The fourth-order valence-electron chi connectivity index (χ4n) is 9.94. The van der Waals surface area contributed by atoms with Crippen LogP contribution < -0.4 is 4.90 Å².